The van der Waals surface area contributed by atoms with E-state index in [1.807, 2.05) is 13.8 Å². The van der Waals surface area contributed by atoms with Crippen molar-refractivity contribution in [1.29, 1.82) is 0 Å². The highest BCUT2D eigenvalue weighted by Gasteiger charge is 2.18. The fourth-order valence-corrected chi connectivity index (χ4v) is 3.75. The number of hydrogen-bond donors (Lipinski definition) is 1. The quantitative estimate of drug-likeness (QED) is 0.368. The van der Waals surface area contributed by atoms with Gasteiger partial charge >= 0.3 is 7.60 Å². The van der Waals surface area contributed by atoms with E-state index in [-0.39, 0.29) is 24.0 Å². The highest BCUT2D eigenvalue weighted by Crippen LogP contribution is 2.45. The van der Waals surface area contributed by atoms with E-state index in [0.717, 1.165) is 11.4 Å². The standard InChI is InChI=1S/C17H25O6PS/c1-5-16(4)23-24(18,19)13-11-15(3)10-12-22-25(20,21)17-8-6-14(2)7-9-17/h6-9,11,13,16H,3,5,10,12H2,1-2,4H3,(H,18,19). The van der Waals surface area contributed by atoms with Gasteiger partial charge in [0, 0.05) is 5.82 Å². The van der Waals surface area contributed by atoms with Crippen molar-refractivity contribution in [1.82, 2.24) is 0 Å². The lowest BCUT2D eigenvalue weighted by Crippen LogP contribution is -2.08. The second-order valence-corrected chi connectivity index (χ2v) is 8.95. The molecule has 0 heterocycles. The smallest absolute Gasteiger partial charge is 0.321 e. The van der Waals surface area contributed by atoms with Gasteiger partial charge in [-0.15, -0.1) is 0 Å². The van der Waals surface area contributed by atoms with Crippen LogP contribution in [0.5, 0.6) is 0 Å². The fraction of sp³-hybridized carbons (Fsp3) is 0.412. The Bertz CT molecular complexity index is 752. The molecule has 0 aliphatic rings. The van der Waals surface area contributed by atoms with E-state index in [9.17, 15) is 17.9 Å². The zero-order valence-corrected chi connectivity index (χ0v) is 16.4. The maximum absolute atomic E-state index is 12.0. The zero-order chi connectivity index (χ0) is 19.1. The second kappa shape index (κ2) is 9.46. The van der Waals surface area contributed by atoms with Crippen LogP contribution in [0.2, 0.25) is 0 Å². The maximum Gasteiger partial charge on any atom is 0.351 e. The lowest BCUT2D eigenvalue weighted by molar-refractivity contribution is 0.191. The second-order valence-electron chi connectivity index (χ2n) is 5.70. The third-order valence-electron chi connectivity index (χ3n) is 3.38. The van der Waals surface area contributed by atoms with E-state index in [4.69, 9.17) is 8.71 Å². The predicted octanol–water partition coefficient (Wildman–Crippen LogP) is 4.16. The summed E-state index contributed by atoms with van der Waals surface area (Å²) in [5, 5.41) is 0. The molecule has 140 valence electrons. The topological polar surface area (TPSA) is 89.9 Å². The summed E-state index contributed by atoms with van der Waals surface area (Å²) < 4.78 is 45.8. The summed E-state index contributed by atoms with van der Waals surface area (Å²) >= 11 is 0. The molecule has 0 bridgehead atoms. The summed E-state index contributed by atoms with van der Waals surface area (Å²) in [6, 6.07) is 6.34. The van der Waals surface area contributed by atoms with Gasteiger partial charge in [-0.05, 0) is 38.8 Å². The van der Waals surface area contributed by atoms with Gasteiger partial charge < -0.3 is 9.42 Å². The minimum Gasteiger partial charge on any atom is -0.321 e. The summed E-state index contributed by atoms with van der Waals surface area (Å²) in [5.41, 5.74) is 1.41. The van der Waals surface area contributed by atoms with Gasteiger partial charge in [-0.2, -0.15) is 8.42 Å². The normalized spacial score (nSPS) is 15.8. The van der Waals surface area contributed by atoms with E-state index < -0.39 is 17.7 Å². The van der Waals surface area contributed by atoms with Gasteiger partial charge in [-0.3, -0.25) is 8.75 Å². The highest BCUT2D eigenvalue weighted by atomic mass is 32.2. The molecule has 1 rings (SSSR count). The molecule has 0 saturated heterocycles. The van der Waals surface area contributed by atoms with Crippen molar-refractivity contribution in [2.24, 2.45) is 0 Å². The van der Waals surface area contributed by atoms with E-state index in [2.05, 4.69) is 6.58 Å². The van der Waals surface area contributed by atoms with Crippen LogP contribution in [0, 0.1) is 6.92 Å². The SMILES string of the molecule is C=C(C=CP(=O)(O)OC(C)CC)CCOS(=O)(=O)c1ccc(C)cc1. The van der Waals surface area contributed by atoms with Crippen LogP contribution in [0.25, 0.3) is 0 Å². The summed E-state index contributed by atoms with van der Waals surface area (Å²) in [6.45, 7) is 9.01. The first kappa shape index (κ1) is 21.8. The lowest BCUT2D eigenvalue weighted by atomic mass is 10.2. The van der Waals surface area contributed by atoms with Crippen LogP contribution in [-0.4, -0.2) is 26.0 Å². The molecule has 1 aromatic carbocycles. The first-order valence-electron chi connectivity index (χ1n) is 7.90. The number of allylic oxidation sites excluding steroid dienone is 1. The minimum absolute atomic E-state index is 0.0843. The first-order chi connectivity index (χ1) is 11.6. The van der Waals surface area contributed by atoms with Crippen molar-refractivity contribution in [3.8, 4) is 0 Å². The molecule has 1 aromatic rings. The Hall–Kier alpha value is -1.24. The number of aryl methyl sites for hydroxylation is 1. The van der Waals surface area contributed by atoms with Crippen molar-refractivity contribution in [3.05, 3.63) is 53.9 Å². The molecule has 2 atom stereocenters. The third-order valence-corrected chi connectivity index (χ3v) is 5.89. The molecule has 0 fully saturated rings. The van der Waals surface area contributed by atoms with Crippen LogP contribution < -0.4 is 0 Å². The van der Waals surface area contributed by atoms with Gasteiger partial charge in [0.15, 0.2) is 0 Å². The van der Waals surface area contributed by atoms with Crippen LogP contribution in [0.4, 0.5) is 0 Å². The number of benzene rings is 1. The van der Waals surface area contributed by atoms with Crippen molar-refractivity contribution in [2.75, 3.05) is 6.61 Å². The molecule has 0 aromatic heterocycles. The molecule has 25 heavy (non-hydrogen) atoms. The minimum atomic E-state index is -3.84. The lowest BCUT2D eigenvalue weighted by Gasteiger charge is -2.13. The Kier molecular flexibility index (Phi) is 8.25. The Labute approximate surface area is 149 Å². The summed E-state index contributed by atoms with van der Waals surface area (Å²) in [5.74, 6) is 1.05. The van der Waals surface area contributed by atoms with Gasteiger partial charge in [0.25, 0.3) is 10.1 Å². The summed E-state index contributed by atoms with van der Waals surface area (Å²) in [6.07, 6.45) is 1.83. The average molecular weight is 388 g/mol. The van der Waals surface area contributed by atoms with Crippen molar-refractivity contribution in [3.63, 3.8) is 0 Å². The Morgan fingerprint density at radius 2 is 1.96 bits per heavy atom. The molecule has 6 nitrogen and oxygen atoms in total. The van der Waals surface area contributed by atoms with E-state index in [1.165, 1.54) is 18.2 Å². The van der Waals surface area contributed by atoms with Gasteiger partial charge in [0.1, 0.15) is 0 Å². The molecule has 0 radical (unpaired) electrons. The Morgan fingerprint density at radius 3 is 2.52 bits per heavy atom. The molecular weight excluding hydrogens is 363 g/mol. The van der Waals surface area contributed by atoms with Crippen LogP contribution in [0.1, 0.15) is 32.3 Å². The van der Waals surface area contributed by atoms with E-state index in [0.29, 0.717) is 12.0 Å². The summed E-state index contributed by atoms with van der Waals surface area (Å²) in [7, 11) is -7.67. The molecule has 1 N–H and O–H groups in total. The monoisotopic (exact) mass is 388 g/mol. The molecular formula is C17H25O6PS. The Balaban J connectivity index is 2.52. The molecule has 0 amide bonds. The average Bonchev–Trinajstić information content (AvgIpc) is 2.53. The highest BCUT2D eigenvalue weighted by molar-refractivity contribution is 7.86. The van der Waals surface area contributed by atoms with Crippen molar-refractivity contribution in [2.45, 2.75) is 44.6 Å². The number of rotatable bonds is 10. The van der Waals surface area contributed by atoms with Crippen LogP contribution >= 0.6 is 7.60 Å². The van der Waals surface area contributed by atoms with Gasteiger partial charge in [0.2, 0.25) is 0 Å². The van der Waals surface area contributed by atoms with E-state index in [1.54, 1.807) is 19.1 Å². The van der Waals surface area contributed by atoms with Crippen molar-refractivity contribution >= 4 is 17.7 Å². The first-order valence-corrected chi connectivity index (χ1v) is 10.9. The molecule has 0 saturated carbocycles. The van der Waals surface area contributed by atoms with Gasteiger partial charge in [-0.1, -0.05) is 42.8 Å². The molecule has 2 unspecified atom stereocenters. The van der Waals surface area contributed by atoms with Gasteiger partial charge in [-0.25, -0.2) is 0 Å². The zero-order valence-electron chi connectivity index (χ0n) is 14.7. The van der Waals surface area contributed by atoms with Crippen LogP contribution in [0.3, 0.4) is 0 Å². The predicted molar refractivity (Wildman–Crippen MR) is 97.9 cm³/mol. The Morgan fingerprint density at radius 1 is 1.36 bits per heavy atom. The largest absolute Gasteiger partial charge is 0.351 e. The maximum atomic E-state index is 12.0. The van der Waals surface area contributed by atoms with Crippen LogP contribution in [0.15, 0.2) is 53.2 Å². The van der Waals surface area contributed by atoms with E-state index >= 15 is 0 Å². The van der Waals surface area contributed by atoms with Crippen LogP contribution in [-0.2, 0) is 23.4 Å². The third kappa shape index (κ3) is 8.12. The van der Waals surface area contributed by atoms with Gasteiger partial charge in [0.05, 0.1) is 17.6 Å². The molecule has 0 aliphatic carbocycles. The molecule has 8 heteroatoms. The fourth-order valence-electron chi connectivity index (χ4n) is 1.71. The molecule has 0 aliphatic heterocycles. The molecule has 0 spiro atoms. The number of hydrogen-bond acceptors (Lipinski definition) is 5. The summed E-state index contributed by atoms with van der Waals surface area (Å²) in [4.78, 5) is 9.75. The van der Waals surface area contributed by atoms with Crippen molar-refractivity contribution < 1.29 is 26.6 Å².